The number of rotatable bonds is 5. The zero-order chi connectivity index (χ0) is 19.8. The van der Waals surface area contributed by atoms with Gasteiger partial charge in [0.15, 0.2) is 11.2 Å². The Morgan fingerprint density at radius 2 is 2.07 bits per heavy atom. The Kier molecular flexibility index (Phi) is 4.99. The number of aromatic nitrogens is 4. The van der Waals surface area contributed by atoms with Crippen LogP contribution in [0.4, 0.5) is 11.6 Å². The summed E-state index contributed by atoms with van der Waals surface area (Å²) >= 11 is 6.16. The van der Waals surface area contributed by atoms with Crippen molar-refractivity contribution in [2.75, 3.05) is 24.7 Å². The summed E-state index contributed by atoms with van der Waals surface area (Å²) in [5.74, 6) is 0.651. The van der Waals surface area contributed by atoms with Gasteiger partial charge in [0.2, 0.25) is 5.95 Å². The molecule has 0 saturated heterocycles. The van der Waals surface area contributed by atoms with Gasteiger partial charge in [-0.1, -0.05) is 17.7 Å². The van der Waals surface area contributed by atoms with Crippen molar-refractivity contribution < 1.29 is 4.74 Å². The van der Waals surface area contributed by atoms with Crippen molar-refractivity contribution in [1.29, 1.82) is 0 Å². The fourth-order valence-electron chi connectivity index (χ4n) is 3.65. The van der Waals surface area contributed by atoms with Gasteiger partial charge in [-0.05, 0) is 31.5 Å². The van der Waals surface area contributed by atoms with E-state index in [4.69, 9.17) is 16.3 Å². The Morgan fingerprint density at radius 1 is 1.25 bits per heavy atom. The van der Waals surface area contributed by atoms with Crippen molar-refractivity contribution in [1.82, 2.24) is 18.7 Å². The summed E-state index contributed by atoms with van der Waals surface area (Å²) in [4.78, 5) is 32.5. The Morgan fingerprint density at radius 3 is 2.82 bits per heavy atom. The van der Waals surface area contributed by atoms with Gasteiger partial charge in [0.05, 0.1) is 13.2 Å². The van der Waals surface area contributed by atoms with Crippen LogP contribution in [-0.2, 0) is 24.9 Å². The van der Waals surface area contributed by atoms with Crippen LogP contribution in [0.2, 0.25) is 5.02 Å². The Bertz CT molecular complexity index is 1150. The van der Waals surface area contributed by atoms with E-state index in [1.54, 1.807) is 7.05 Å². The summed E-state index contributed by atoms with van der Waals surface area (Å²) in [7, 11) is 1.64. The minimum Gasteiger partial charge on any atom is -0.380 e. The van der Waals surface area contributed by atoms with Crippen molar-refractivity contribution in [2.45, 2.75) is 26.4 Å². The monoisotopic (exact) mass is 403 g/mol. The molecule has 0 unspecified atom stereocenters. The number of imidazole rings is 1. The highest BCUT2D eigenvalue weighted by molar-refractivity contribution is 6.30. The highest BCUT2D eigenvalue weighted by atomic mass is 35.5. The second kappa shape index (κ2) is 7.44. The van der Waals surface area contributed by atoms with E-state index in [0.29, 0.717) is 41.9 Å². The maximum atomic E-state index is 13.1. The topological polar surface area (TPSA) is 74.3 Å². The molecule has 8 nitrogen and oxygen atoms in total. The molecule has 2 aromatic heterocycles. The van der Waals surface area contributed by atoms with Crippen LogP contribution < -0.4 is 16.1 Å². The maximum Gasteiger partial charge on any atom is 0.332 e. The molecule has 1 aliphatic rings. The predicted molar refractivity (Wildman–Crippen MR) is 109 cm³/mol. The summed E-state index contributed by atoms with van der Waals surface area (Å²) in [6, 6.07) is 7.53. The molecule has 0 aliphatic carbocycles. The number of halogens is 1. The number of nitrogens with zero attached hydrogens (tertiary/aromatic N) is 5. The minimum absolute atomic E-state index is 0.216. The first-order chi connectivity index (χ1) is 13.5. The van der Waals surface area contributed by atoms with Crippen LogP contribution in [0.1, 0.15) is 13.3 Å². The standard InChI is InChI=1S/C19H22ClN5O3/c1-3-28-11-10-25-17(26)15-16(22(2)19(25)27)21-18-23(8-5-9-24(15)18)14-7-4-6-13(20)12-14/h4,6-7,12H,3,5,8-11H2,1-2H3. The quantitative estimate of drug-likeness (QED) is 0.610. The normalized spacial score (nSPS) is 13.9. The lowest BCUT2D eigenvalue weighted by molar-refractivity contribution is 0.137. The van der Waals surface area contributed by atoms with Crippen LogP contribution in [0.5, 0.6) is 0 Å². The maximum absolute atomic E-state index is 13.1. The van der Waals surface area contributed by atoms with Gasteiger partial charge < -0.3 is 14.2 Å². The van der Waals surface area contributed by atoms with Gasteiger partial charge in [-0.2, -0.15) is 4.98 Å². The number of benzene rings is 1. The molecular weight excluding hydrogens is 382 g/mol. The summed E-state index contributed by atoms with van der Waals surface area (Å²) in [5.41, 5.74) is 1.03. The van der Waals surface area contributed by atoms with Crippen LogP contribution in [0, 0.1) is 0 Å². The van der Waals surface area contributed by atoms with E-state index in [2.05, 4.69) is 4.98 Å². The second-order valence-electron chi connectivity index (χ2n) is 6.72. The van der Waals surface area contributed by atoms with E-state index >= 15 is 0 Å². The van der Waals surface area contributed by atoms with Gasteiger partial charge in [0.1, 0.15) is 0 Å². The van der Waals surface area contributed by atoms with E-state index in [1.807, 2.05) is 40.7 Å². The number of hydrogen-bond acceptors (Lipinski definition) is 5. The molecular formula is C19H22ClN5O3. The fraction of sp³-hybridized carbons (Fsp3) is 0.421. The largest absolute Gasteiger partial charge is 0.380 e. The van der Waals surface area contributed by atoms with Crippen LogP contribution in [-0.4, -0.2) is 38.4 Å². The zero-order valence-corrected chi connectivity index (χ0v) is 16.6. The van der Waals surface area contributed by atoms with Gasteiger partial charge in [0, 0.05) is 37.5 Å². The van der Waals surface area contributed by atoms with Gasteiger partial charge in [-0.3, -0.25) is 13.9 Å². The number of hydrogen-bond donors (Lipinski definition) is 0. The molecule has 0 bridgehead atoms. The molecule has 1 aliphatic heterocycles. The SMILES string of the molecule is CCOCCn1c(=O)c2c(nc3n2CCCN3c2cccc(Cl)c2)n(C)c1=O. The number of fused-ring (bicyclic) bond motifs is 3. The van der Waals surface area contributed by atoms with Crippen LogP contribution in [0.15, 0.2) is 33.9 Å². The van der Waals surface area contributed by atoms with Crippen molar-refractivity contribution in [3.8, 4) is 0 Å². The number of aryl methyl sites for hydroxylation is 2. The molecule has 0 saturated carbocycles. The third kappa shape index (κ3) is 3.02. The first-order valence-corrected chi connectivity index (χ1v) is 9.71. The summed E-state index contributed by atoms with van der Waals surface area (Å²) in [5, 5.41) is 0.636. The third-order valence-electron chi connectivity index (χ3n) is 5.00. The molecule has 0 radical (unpaired) electrons. The zero-order valence-electron chi connectivity index (χ0n) is 15.9. The molecule has 0 spiro atoms. The lowest BCUT2D eigenvalue weighted by Crippen LogP contribution is -2.40. The molecule has 0 amide bonds. The van der Waals surface area contributed by atoms with Crippen LogP contribution >= 0.6 is 11.6 Å². The summed E-state index contributed by atoms with van der Waals surface area (Å²) in [6.07, 6.45) is 0.853. The Balaban J connectivity index is 1.90. The van der Waals surface area contributed by atoms with Gasteiger partial charge >= 0.3 is 5.69 Å². The first kappa shape index (κ1) is 18.8. The molecule has 9 heteroatoms. The molecule has 1 aromatic carbocycles. The van der Waals surface area contributed by atoms with Gasteiger partial charge in [-0.25, -0.2) is 4.79 Å². The van der Waals surface area contributed by atoms with Crippen LogP contribution in [0.25, 0.3) is 11.2 Å². The average Bonchev–Trinajstić information content (AvgIpc) is 3.09. The third-order valence-corrected chi connectivity index (χ3v) is 5.24. The highest BCUT2D eigenvalue weighted by Gasteiger charge is 2.27. The molecule has 0 fully saturated rings. The fourth-order valence-corrected chi connectivity index (χ4v) is 3.84. The van der Waals surface area contributed by atoms with Crippen molar-refractivity contribution in [2.24, 2.45) is 7.05 Å². The highest BCUT2D eigenvalue weighted by Crippen LogP contribution is 2.32. The smallest absolute Gasteiger partial charge is 0.332 e. The van der Waals surface area contributed by atoms with Crippen molar-refractivity contribution in [3.05, 3.63) is 50.1 Å². The van der Waals surface area contributed by atoms with E-state index < -0.39 is 0 Å². The van der Waals surface area contributed by atoms with Gasteiger partial charge in [-0.15, -0.1) is 0 Å². The molecule has 3 heterocycles. The van der Waals surface area contributed by atoms with Gasteiger partial charge in [0.25, 0.3) is 5.56 Å². The summed E-state index contributed by atoms with van der Waals surface area (Å²) < 4.78 is 9.89. The molecule has 148 valence electrons. The lowest BCUT2D eigenvalue weighted by atomic mass is 10.2. The average molecular weight is 404 g/mol. The van der Waals surface area contributed by atoms with E-state index in [1.165, 1.54) is 9.13 Å². The van der Waals surface area contributed by atoms with Crippen molar-refractivity contribution >= 4 is 34.4 Å². The number of anilines is 2. The molecule has 3 aromatic rings. The molecule has 0 atom stereocenters. The Hall–Kier alpha value is -2.58. The molecule has 4 rings (SSSR count). The van der Waals surface area contributed by atoms with Crippen molar-refractivity contribution in [3.63, 3.8) is 0 Å². The van der Waals surface area contributed by atoms with E-state index in [-0.39, 0.29) is 17.8 Å². The lowest BCUT2D eigenvalue weighted by Gasteiger charge is -2.29. The van der Waals surface area contributed by atoms with E-state index in [9.17, 15) is 9.59 Å². The minimum atomic E-state index is -0.387. The van der Waals surface area contributed by atoms with E-state index in [0.717, 1.165) is 18.7 Å². The number of ether oxygens (including phenoxy) is 1. The first-order valence-electron chi connectivity index (χ1n) is 9.34. The predicted octanol–water partition coefficient (Wildman–Crippen LogP) is 2.13. The van der Waals surface area contributed by atoms with Crippen LogP contribution in [0.3, 0.4) is 0 Å². The molecule has 28 heavy (non-hydrogen) atoms. The molecule has 0 N–H and O–H groups in total. The Labute approximate surface area is 166 Å². The summed E-state index contributed by atoms with van der Waals surface area (Å²) in [6.45, 7) is 4.37. The second-order valence-corrected chi connectivity index (χ2v) is 7.15.